The normalized spacial score (nSPS) is 14.7. The Balaban J connectivity index is 2.12. The van der Waals surface area contributed by atoms with E-state index in [9.17, 15) is 4.79 Å². The molecule has 2 rings (SSSR count). The van der Waals surface area contributed by atoms with Crippen molar-refractivity contribution in [1.82, 2.24) is 4.90 Å². The third kappa shape index (κ3) is 3.00. The van der Waals surface area contributed by atoms with E-state index in [1.54, 1.807) is 18.2 Å². The SMILES string of the molecule is CCN(CC1CC1)C(=O)c1ccc(N)c(Br)c1. The van der Waals surface area contributed by atoms with E-state index in [0.717, 1.165) is 23.5 Å². The molecule has 2 N–H and O–H groups in total. The van der Waals surface area contributed by atoms with Crippen molar-refractivity contribution in [3.05, 3.63) is 28.2 Å². The minimum atomic E-state index is 0.0973. The second kappa shape index (κ2) is 5.08. The number of benzene rings is 1. The van der Waals surface area contributed by atoms with Crippen molar-refractivity contribution in [2.24, 2.45) is 5.92 Å². The van der Waals surface area contributed by atoms with Crippen LogP contribution in [0.3, 0.4) is 0 Å². The average Bonchev–Trinajstić information content (AvgIpc) is 3.12. The monoisotopic (exact) mass is 296 g/mol. The highest BCUT2D eigenvalue weighted by atomic mass is 79.9. The molecule has 0 saturated heterocycles. The van der Waals surface area contributed by atoms with Crippen LogP contribution >= 0.6 is 15.9 Å². The van der Waals surface area contributed by atoms with Crippen LogP contribution in [0.25, 0.3) is 0 Å². The summed E-state index contributed by atoms with van der Waals surface area (Å²) in [6.45, 7) is 3.67. The topological polar surface area (TPSA) is 46.3 Å². The van der Waals surface area contributed by atoms with Crippen LogP contribution < -0.4 is 5.73 Å². The number of nitrogens with zero attached hydrogens (tertiary/aromatic N) is 1. The van der Waals surface area contributed by atoms with Gasteiger partial charge in [0.25, 0.3) is 5.91 Å². The van der Waals surface area contributed by atoms with E-state index in [0.29, 0.717) is 11.3 Å². The number of nitrogens with two attached hydrogens (primary N) is 1. The molecule has 1 aliphatic carbocycles. The van der Waals surface area contributed by atoms with Crippen LogP contribution in [0.15, 0.2) is 22.7 Å². The minimum absolute atomic E-state index is 0.0973. The van der Waals surface area contributed by atoms with Crippen LogP contribution in [-0.4, -0.2) is 23.9 Å². The molecule has 3 nitrogen and oxygen atoms in total. The molecule has 1 saturated carbocycles. The molecule has 1 amide bonds. The fourth-order valence-electron chi connectivity index (χ4n) is 1.81. The second-order valence-electron chi connectivity index (χ2n) is 4.52. The quantitative estimate of drug-likeness (QED) is 0.869. The molecule has 0 unspecified atom stereocenters. The zero-order valence-corrected chi connectivity index (χ0v) is 11.5. The lowest BCUT2D eigenvalue weighted by Crippen LogP contribution is -2.32. The van der Waals surface area contributed by atoms with Crippen LogP contribution in [0.2, 0.25) is 0 Å². The Morgan fingerprint density at radius 1 is 1.53 bits per heavy atom. The summed E-state index contributed by atoms with van der Waals surface area (Å²) < 4.78 is 0.783. The van der Waals surface area contributed by atoms with Gasteiger partial charge in [-0.3, -0.25) is 4.79 Å². The number of carbonyl (C=O) groups is 1. The van der Waals surface area contributed by atoms with E-state index >= 15 is 0 Å². The summed E-state index contributed by atoms with van der Waals surface area (Å²) in [7, 11) is 0. The lowest BCUT2D eigenvalue weighted by molar-refractivity contribution is 0.0757. The number of halogens is 1. The van der Waals surface area contributed by atoms with Gasteiger partial charge in [-0.2, -0.15) is 0 Å². The lowest BCUT2D eigenvalue weighted by Gasteiger charge is -2.21. The van der Waals surface area contributed by atoms with Gasteiger partial charge >= 0.3 is 0 Å². The number of hydrogen-bond acceptors (Lipinski definition) is 2. The number of carbonyl (C=O) groups excluding carboxylic acids is 1. The highest BCUT2D eigenvalue weighted by Crippen LogP contribution is 2.30. The number of anilines is 1. The van der Waals surface area contributed by atoms with Crippen LogP contribution in [0.1, 0.15) is 30.1 Å². The van der Waals surface area contributed by atoms with Crippen LogP contribution in [0, 0.1) is 5.92 Å². The van der Waals surface area contributed by atoms with Gasteiger partial charge in [0.2, 0.25) is 0 Å². The highest BCUT2D eigenvalue weighted by molar-refractivity contribution is 9.10. The summed E-state index contributed by atoms with van der Waals surface area (Å²) >= 11 is 3.35. The van der Waals surface area contributed by atoms with E-state index < -0.39 is 0 Å². The molecule has 4 heteroatoms. The number of amides is 1. The molecule has 0 spiro atoms. The number of hydrogen-bond donors (Lipinski definition) is 1. The van der Waals surface area contributed by atoms with E-state index in [2.05, 4.69) is 15.9 Å². The maximum atomic E-state index is 12.3. The van der Waals surface area contributed by atoms with E-state index in [1.165, 1.54) is 12.8 Å². The third-order valence-corrected chi connectivity index (χ3v) is 3.78. The lowest BCUT2D eigenvalue weighted by atomic mass is 10.1. The first kappa shape index (κ1) is 12.4. The summed E-state index contributed by atoms with van der Waals surface area (Å²) in [6.07, 6.45) is 2.52. The Hall–Kier alpha value is -1.03. The van der Waals surface area contributed by atoms with Gasteiger partial charge in [0.1, 0.15) is 0 Å². The van der Waals surface area contributed by atoms with Gasteiger partial charge in [-0.1, -0.05) is 0 Å². The smallest absolute Gasteiger partial charge is 0.253 e. The van der Waals surface area contributed by atoms with Gasteiger partial charge in [0, 0.05) is 28.8 Å². The Kier molecular flexibility index (Phi) is 3.72. The van der Waals surface area contributed by atoms with Gasteiger partial charge in [-0.25, -0.2) is 0 Å². The van der Waals surface area contributed by atoms with Crippen LogP contribution in [0.5, 0.6) is 0 Å². The molecule has 0 aromatic heterocycles. The Bertz CT molecular complexity index is 429. The van der Waals surface area contributed by atoms with Crippen molar-refractivity contribution < 1.29 is 4.79 Å². The highest BCUT2D eigenvalue weighted by Gasteiger charge is 2.26. The first-order chi connectivity index (χ1) is 8.11. The zero-order chi connectivity index (χ0) is 12.4. The number of nitrogen functional groups attached to an aromatic ring is 1. The second-order valence-corrected chi connectivity index (χ2v) is 5.38. The number of rotatable bonds is 4. The predicted molar refractivity (Wildman–Crippen MR) is 72.9 cm³/mol. The third-order valence-electron chi connectivity index (χ3n) is 3.09. The molecule has 1 aliphatic rings. The van der Waals surface area contributed by atoms with E-state index in [1.807, 2.05) is 11.8 Å². The molecule has 1 aromatic rings. The first-order valence-electron chi connectivity index (χ1n) is 5.96. The Morgan fingerprint density at radius 2 is 2.24 bits per heavy atom. The molecule has 0 bridgehead atoms. The van der Waals surface area contributed by atoms with Gasteiger partial charge in [0.05, 0.1) is 0 Å². The molecular formula is C13H17BrN2O. The molecule has 17 heavy (non-hydrogen) atoms. The molecule has 0 aliphatic heterocycles. The minimum Gasteiger partial charge on any atom is -0.398 e. The maximum Gasteiger partial charge on any atom is 0.253 e. The van der Waals surface area contributed by atoms with Crippen LogP contribution in [-0.2, 0) is 0 Å². The largest absolute Gasteiger partial charge is 0.398 e. The molecule has 0 atom stereocenters. The fourth-order valence-corrected chi connectivity index (χ4v) is 2.19. The van der Waals surface area contributed by atoms with E-state index in [4.69, 9.17) is 5.73 Å². The van der Waals surface area contributed by atoms with Gasteiger partial charge in [0.15, 0.2) is 0 Å². The summed E-state index contributed by atoms with van der Waals surface area (Å²) in [5.74, 6) is 0.816. The Morgan fingerprint density at radius 3 is 2.76 bits per heavy atom. The predicted octanol–water partition coefficient (Wildman–Crippen LogP) is 2.90. The van der Waals surface area contributed by atoms with E-state index in [-0.39, 0.29) is 5.91 Å². The van der Waals surface area contributed by atoms with Gasteiger partial charge in [-0.05, 0) is 59.8 Å². The van der Waals surface area contributed by atoms with Crippen molar-refractivity contribution in [1.29, 1.82) is 0 Å². The van der Waals surface area contributed by atoms with Crippen molar-refractivity contribution >= 4 is 27.5 Å². The zero-order valence-electron chi connectivity index (χ0n) is 9.95. The molecule has 0 radical (unpaired) electrons. The summed E-state index contributed by atoms with van der Waals surface area (Å²) in [5, 5.41) is 0. The van der Waals surface area contributed by atoms with Gasteiger partial charge < -0.3 is 10.6 Å². The maximum absolute atomic E-state index is 12.3. The summed E-state index contributed by atoms with van der Waals surface area (Å²) in [6, 6.07) is 5.35. The standard InChI is InChI=1S/C13H17BrN2O/c1-2-16(8-9-3-4-9)13(17)10-5-6-12(15)11(14)7-10/h5-7,9H,2-4,8,15H2,1H3. The van der Waals surface area contributed by atoms with Crippen molar-refractivity contribution in [2.45, 2.75) is 19.8 Å². The molecule has 1 fully saturated rings. The summed E-state index contributed by atoms with van der Waals surface area (Å²) in [4.78, 5) is 14.2. The molecule has 1 aromatic carbocycles. The summed E-state index contributed by atoms with van der Waals surface area (Å²) in [5.41, 5.74) is 7.08. The fraction of sp³-hybridized carbons (Fsp3) is 0.462. The average molecular weight is 297 g/mol. The van der Waals surface area contributed by atoms with Crippen LogP contribution in [0.4, 0.5) is 5.69 Å². The first-order valence-corrected chi connectivity index (χ1v) is 6.75. The molecule has 0 heterocycles. The molecular weight excluding hydrogens is 280 g/mol. The van der Waals surface area contributed by atoms with Crippen molar-refractivity contribution in [2.75, 3.05) is 18.8 Å². The Labute approximate surface area is 110 Å². The van der Waals surface area contributed by atoms with Crippen molar-refractivity contribution in [3.63, 3.8) is 0 Å². The van der Waals surface area contributed by atoms with Gasteiger partial charge in [-0.15, -0.1) is 0 Å². The van der Waals surface area contributed by atoms with Crippen molar-refractivity contribution in [3.8, 4) is 0 Å². The molecule has 92 valence electrons.